The van der Waals surface area contributed by atoms with E-state index >= 15 is 0 Å². The molecule has 28 heavy (non-hydrogen) atoms. The van der Waals surface area contributed by atoms with Crippen molar-refractivity contribution < 1.29 is 18.7 Å². The molecule has 1 heterocycles. The molecule has 1 aliphatic rings. The van der Waals surface area contributed by atoms with Gasteiger partial charge in [-0.1, -0.05) is 24.3 Å². The lowest BCUT2D eigenvalue weighted by atomic mass is 10.1. The van der Waals surface area contributed by atoms with Gasteiger partial charge in [0, 0.05) is 36.8 Å². The number of hydrogen-bond donors (Lipinski definition) is 0. The second-order valence-electron chi connectivity index (χ2n) is 6.79. The van der Waals surface area contributed by atoms with Crippen LogP contribution in [0, 0.1) is 5.82 Å². The van der Waals surface area contributed by atoms with Gasteiger partial charge in [0.25, 0.3) is 0 Å². The molecule has 0 aromatic heterocycles. The molecule has 4 nitrogen and oxygen atoms in total. The predicted molar refractivity (Wildman–Crippen MR) is 109 cm³/mol. The summed E-state index contributed by atoms with van der Waals surface area (Å²) in [4.78, 5) is 15.3. The number of carbonyl (C=O) groups excluding carboxylic acids is 1. The molecule has 1 fully saturated rings. The van der Waals surface area contributed by atoms with E-state index in [0.717, 1.165) is 30.8 Å². The van der Waals surface area contributed by atoms with Crippen molar-refractivity contribution in [2.24, 2.45) is 0 Å². The van der Waals surface area contributed by atoms with Crippen LogP contribution in [0.15, 0.2) is 53.4 Å². The van der Waals surface area contributed by atoms with Crippen LogP contribution in [0.3, 0.4) is 0 Å². The monoisotopic (exact) mass is 403 g/mol. The van der Waals surface area contributed by atoms with Gasteiger partial charge in [-0.05, 0) is 42.7 Å². The smallest absolute Gasteiger partial charge is 0.223 e. The van der Waals surface area contributed by atoms with Gasteiger partial charge in [0.05, 0.1) is 13.2 Å². The number of nitrogens with zero attached hydrogens (tertiary/aromatic N) is 1. The number of carbonyl (C=O) groups is 1. The van der Waals surface area contributed by atoms with E-state index < -0.39 is 0 Å². The number of halogens is 1. The number of rotatable bonds is 9. The Bertz CT molecular complexity index is 780. The zero-order valence-corrected chi connectivity index (χ0v) is 16.9. The standard InChI is InChI=1S/C22H26FNO3S/c1-26-18-7-4-6-17(14-18)15-24(16-19-8-5-12-27-19)22(25)11-13-28-21-10-3-2-9-20(21)23/h2-4,6-7,9-10,14,19H,5,8,11-13,15-16H2,1H3. The third-order valence-corrected chi connectivity index (χ3v) is 5.77. The summed E-state index contributed by atoms with van der Waals surface area (Å²) in [5.74, 6) is 1.13. The molecule has 0 aliphatic carbocycles. The van der Waals surface area contributed by atoms with E-state index in [1.807, 2.05) is 29.2 Å². The summed E-state index contributed by atoms with van der Waals surface area (Å²) < 4.78 is 24.8. The van der Waals surface area contributed by atoms with Gasteiger partial charge < -0.3 is 14.4 Å². The van der Waals surface area contributed by atoms with Gasteiger partial charge in [0.1, 0.15) is 11.6 Å². The van der Waals surface area contributed by atoms with Gasteiger partial charge in [-0.25, -0.2) is 4.39 Å². The van der Waals surface area contributed by atoms with E-state index in [4.69, 9.17) is 9.47 Å². The zero-order valence-electron chi connectivity index (χ0n) is 16.1. The molecule has 0 spiro atoms. The first-order valence-corrected chi connectivity index (χ1v) is 10.5. The Hall–Kier alpha value is -2.05. The fraction of sp³-hybridized carbons (Fsp3) is 0.409. The molecule has 1 aliphatic heterocycles. The lowest BCUT2D eigenvalue weighted by Crippen LogP contribution is -2.37. The summed E-state index contributed by atoms with van der Waals surface area (Å²) >= 11 is 1.37. The van der Waals surface area contributed by atoms with Gasteiger partial charge >= 0.3 is 0 Å². The molecule has 2 aromatic rings. The van der Waals surface area contributed by atoms with E-state index in [1.165, 1.54) is 17.8 Å². The topological polar surface area (TPSA) is 38.8 Å². The first kappa shape index (κ1) is 20.7. The Morgan fingerprint density at radius 2 is 2.14 bits per heavy atom. The fourth-order valence-electron chi connectivity index (χ4n) is 3.25. The SMILES string of the molecule is COc1cccc(CN(CC2CCCO2)C(=O)CCSc2ccccc2F)c1. The summed E-state index contributed by atoms with van der Waals surface area (Å²) in [6.45, 7) is 1.86. The maximum absolute atomic E-state index is 13.8. The average molecular weight is 404 g/mol. The number of amides is 1. The van der Waals surface area contributed by atoms with Crippen LogP contribution in [0.25, 0.3) is 0 Å². The van der Waals surface area contributed by atoms with Gasteiger partial charge in [-0.2, -0.15) is 0 Å². The van der Waals surface area contributed by atoms with E-state index in [1.54, 1.807) is 25.3 Å². The maximum atomic E-state index is 13.8. The lowest BCUT2D eigenvalue weighted by molar-refractivity contribution is -0.133. The molecule has 3 rings (SSSR count). The van der Waals surface area contributed by atoms with Crippen molar-refractivity contribution in [2.75, 3.05) is 26.0 Å². The Balaban J connectivity index is 1.61. The second kappa shape index (κ2) is 10.5. The van der Waals surface area contributed by atoms with Crippen molar-refractivity contribution in [1.29, 1.82) is 0 Å². The molecule has 1 saturated heterocycles. The number of thioether (sulfide) groups is 1. The van der Waals surface area contributed by atoms with Crippen LogP contribution >= 0.6 is 11.8 Å². The highest BCUT2D eigenvalue weighted by Gasteiger charge is 2.23. The van der Waals surface area contributed by atoms with Crippen molar-refractivity contribution >= 4 is 17.7 Å². The summed E-state index contributed by atoms with van der Waals surface area (Å²) in [5.41, 5.74) is 1.02. The normalized spacial score (nSPS) is 16.1. The zero-order chi connectivity index (χ0) is 19.8. The van der Waals surface area contributed by atoms with Gasteiger partial charge in [0.2, 0.25) is 5.91 Å². The molecule has 2 aromatic carbocycles. The quantitative estimate of drug-likeness (QED) is 0.577. The molecular weight excluding hydrogens is 377 g/mol. The largest absolute Gasteiger partial charge is 0.497 e. The molecule has 0 radical (unpaired) electrons. The van der Waals surface area contributed by atoms with Gasteiger partial charge in [-0.3, -0.25) is 4.79 Å². The maximum Gasteiger partial charge on any atom is 0.223 e. The summed E-state index contributed by atoms with van der Waals surface area (Å²) in [6.07, 6.45) is 2.46. The lowest BCUT2D eigenvalue weighted by Gasteiger charge is -2.26. The van der Waals surface area contributed by atoms with Crippen molar-refractivity contribution in [3.8, 4) is 5.75 Å². The first-order valence-electron chi connectivity index (χ1n) is 9.55. The second-order valence-corrected chi connectivity index (χ2v) is 7.93. The number of methoxy groups -OCH3 is 1. The molecule has 0 bridgehead atoms. The Kier molecular flexibility index (Phi) is 7.74. The third kappa shape index (κ3) is 5.97. The first-order chi connectivity index (χ1) is 13.7. The van der Waals surface area contributed by atoms with E-state index in [-0.39, 0.29) is 17.8 Å². The van der Waals surface area contributed by atoms with Gasteiger partial charge in [-0.15, -0.1) is 11.8 Å². The Labute approximate surface area is 170 Å². The fourth-order valence-corrected chi connectivity index (χ4v) is 4.13. The minimum Gasteiger partial charge on any atom is -0.497 e. The minimum absolute atomic E-state index is 0.0576. The number of hydrogen-bond acceptors (Lipinski definition) is 4. The molecule has 150 valence electrons. The molecule has 1 atom stereocenters. The molecule has 6 heteroatoms. The highest BCUT2D eigenvalue weighted by atomic mass is 32.2. The Morgan fingerprint density at radius 3 is 2.89 bits per heavy atom. The van der Waals surface area contributed by atoms with Crippen LogP contribution in [-0.4, -0.2) is 42.9 Å². The molecule has 1 unspecified atom stereocenters. The minimum atomic E-state index is -0.243. The van der Waals surface area contributed by atoms with Crippen LogP contribution in [-0.2, 0) is 16.1 Å². The van der Waals surface area contributed by atoms with E-state index in [9.17, 15) is 9.18 Å². The van der Waals surface area contributed by atoms with Crippen LogP contribution in [0.5, 0.6) is 5.75 Å². The number of benzene rings is 2. The van der Waals surface area contributed by atoms with Crippen LogP contribution in [0.4, 0.5) is 4.39 Å². The van der Waals surface area contributed by atoms with Crippen molar-refractivity contribution in [1.82, 2.24) is 4.90 Å². The van der Waals surface area contributed by atoms with Crippen LogP contribution < -0.4 is 4.74 Å². The van der Waals surface area contributed by atoms with Crippen molar-refractivity contribution in [3.05, 3.63) is 59.9 Å². The van der Waals surface area contributed by atoms with E-state index in [2.05, 4.69) is 0 Å². The predicted octanol–water partition coefficient (Wildman–Crippen LogP) is 4.52. The summed E-state index contributed by atoms with van der Waals surface area (Å²) in [5, 5.41) is 0. The average Bonchev–Trinajstić information content (AvgIpc) is 3.22. The van der Waals surface area contributed by atoms with Crippen LogP contribution in [0.2, 0.25) is 0 Å². The van der Waals surface area contributed by atoms with E-state index in [0.29, 0.717) is 30.2 Å². The highest BCUT2D eigenvalue weighted by Crippen LogP contribution is 2.23. The van der Waals surface area contributed by atoms with Crippen LogP contribution in [0.1, 0.15) is 24.8 Å². The van der Waals surface area contributed by atoms with Crippen molar-refractivity contribution in [3.63, 3.8) is 0 Å². The molecule has 1 amide bonds. The summed E-state index contributed by atoms with van der Waals surface area (Å²) in [7, 11) is 1.63. The van der Waals surface area contributed by atoms with Gasteiger partial charge in [0.15, 0.2) is 0 Å². The number of ether oxygens (including phenoxy) is 2. The van der Waals surface area contributed by atoms with Crippen molar-refractivity contribution in [2.45, 2.75) is 36.8 Å². The molecule has 0 saturated carbocycles. The molecular formula is C22H26FNO3S. The summed E-state index contributed by atoms with van der Waals surface area (Å²) in [6, 6.07) is 14.4. The molecule has 0 N–H and O–H groups in total. The Morgan fingerprint density at radius 1 is 1.29 bits per heavy atom. The highest BCUT2D eigenvalue weighted by molar-refractivity contribution is 7.99. The third-order valence-electron chi connectivity index (χ3n) is 4.72.